The Morgan fingerprint density at radius 2 is 1.83 bits per heavy atom. The number of para-hydroxylation sites is 1. The van der Waals surface area contributed by atoms with E-state index in [-0.39, 0.29) is 29.5 Å². The van der Waals surface area contributed by atoms with Gasteiger partial charge in [0.2, 0.25) is 0 Å². The fourth-order valence-corrected chi connectivity index (χ4v) is 3.45. The van der Waals surface area contributed by atoms with Gasteiger partial charge in [0.05, 0.1) is 22.2 Å². The van der Waals surface area contributed by atoms with Gasteiger partial charge in [-0.1, -0.05) is 37.6 Å². The highest BCUT2D eigenvalue weighted by Crippen LogP contribution is 2.25. The first kappa shape index (κ1) is 18.8. The summed E-state index contributed by atoms with van der Waals surface area (Å²) < 4.78 is 5.45. The second kappa shape index (κ2) is 7.83. The molecule has 1 aliphatic rings. The van der Waals surface area contributed by atoms with Crippen molar-refractivity contribution in [2.24, 2.45) is 0 Å². The molecule has 0 unspecified atom stereocenters. The van der Waals surface area contributed by atoms with Gasteiger partial charge in [0.15, 0.2) is 0 Å². The maximum atomic E-state index is 12.6. The molecule has 0 radical (unpaired) electrons. The Morgan fingerprint density at radius 3 is 2.66 bits per heavy atom. The number of hydrogen-bond acceptors (Lipinski definition) is 5. The van der Waals surface area contributed by atoms with Crippen LogP contribution in [0.1, 0.15) is 56.4 Å². The minimum Gasteiger partial charge on any atom is -0.457 e. The zero-order valence-electron chi connectivity index (χ0n) is 16.1. The highest BCUT2D eigenvalue weighted by atomic mass is 16.5. The van der Waals surface area contributed by atoms with Crippen LogP contribution in [0, 0.1) is 0 Å². The second-order valence-corrected chi connectivity index (χ2v) is 6.94. The molecule has 29 heavy (non-hydrogen) atoms. The summed E-state index contributed by atoms with van der Waals surface area (Å²) in [4.78, 5) is 43.1. The molecule has 6 nitrogen and oxygen atoms in total. The number of unbranched alkanes of at least 4 members (excludes halogenated alkanes) is 1. The van der Waals surface area contributed by atoms with Gasteiger partial charge < -0.3 is 4.74 Å². The molecular weight excluding hydrogens is 368 g/mol. The Labute approximate surface area is 168 Å². The van der Waals surface area contributed by atoms with Gasteiger partial charge in [-0.2, -0.15) is 0 Å². The van der Waals surface area contributed by atoms with Crippen LogP contribution in [-0.2, 0) is 11.3 Å². The molecule has 0 atom stereocenters. The predicted molar refractivity (Wildman–Crippen MR) is 108 cm³/mol. The Balaban J connectivity index is 1.52. The van der Waals surface area contributed by atoms with Crippen molar-refractivity contribution in [1.29, 1.82) is 0 Å². The lowest BCUT2D eigenvalue weighted by atomic mass is 10.1. The summed E-state index contributed by atoms with van der Waals surface area (Å²) in [5.41, 5.74) is 2.42. The maximum Gasteiger partial charge on any atom is 0.338 e. The Kier molecular flexibility index (Phi) is 5.08. The van der Waals surface area contributed by atoms with Crippen molar-refractivity contribution < 1.29 is 19.1 Å². The van der Waals surface area contributed by atoms with E-state index in [1.165, 1.54) is 23.1 Å². The lowest BCUT2D eigenvalue weighted by Gasteiger charge is -2.12. The number of ether oxygens (including phenoxy) is 1. The zero-order chi connectivity index (χ0) is 20.4. The lowest BCUT2D eigenvalue weighted by Crippen LogP contribution is -2.30. The van der Waals surface area contributed by atoms with Gasteiger partial charge in [-0.15, -0.1) is 0 Å². The van der Waals surface area contributed by atoms with Crippen LogP contribution in [0.25, 0.3) is 10.9 Å². The molecule has 0 spiro atoms. The van der Waals surface area contributed by atoms with E-state index in [2.05, 4.69) is 4.98 Å². The van der Waals surface area contributed by atoms with Crippen molar-refractivity contribution in [3.8, 4) is 0 Å². The third kappa shape index (κ3) is 3.49. The molecule has 0 N–H and O–H groups in total. The number of fused-ring (bicyclic) bond motifs is 2. The quantitative estimate of drug-likeness (QED) is 0.471. The summed E-state index contributed by atoms with van der Waals surface area (Å²) in [6.45, 7) is 2.45. The third-order valence-corrected chi connectivity index (χ3v) is 5.02. The number of aromatic nitrogens is 1. The molecule has 1 aromatic heterocycles. The molecule has 0 aliphatic carbocycles. The van der Waals surface area contributed by atoms with Crippen molar-refractivity contribution in [1.82, 2.24) is 9.88 Å². The number of nitrogens with zero attached hydrogens (tertiary/aromatic N) is 2. The van der Waals surface area contributed by atoms with Gasteiger partial charge in [-0.3, -0.25) is 19.5 Å². The van der Waals surface area contributed by atoms with Crippen molar-refractivity contribution in [2.45, 2.75) is 26.4 Å². The molecule has 3 aromatic rings. The van der Waals surface area contributed by atoms with Crippen molar-refractivity contribution in [3.63, 3.8) is 0 Å². The average molecular weight is 388 g/mol. The predicted octanol–water partition coefficient (Wildman–Crippen LogP) is 3.99. The van der Waals surface area contributed by atoms with Crippen LogP contribution >= 0.6 is 0 Å². The summed E-state index contributed by atoms with van der Waals surface area (Å²) in [6.07, 6.45) is 3.33. The smallest absolute Gasteiger partial charge is 0.338 e. The number of pyridine rings is 1. The molecule has 4 rings (SSSR count). The van der Waals surface area contributed by atoms with E-state index >= 15 is 0 Å². The maximum absolute atomic E-state index is 12.6. The average Bonchev–Trinajstić information content (AvgIpc) is 2.99. The summed E-state index contributed by atoms with van der Waals surface area (Å²) in [7, 11) is 0. The van der Waals surface area contributed by atoms with E-state index in [0.29, 0.717) is 12.1 Å². The number of hydrogen-bond donors (Lipinski definition) is 0. The van der Waals surface area contributed by atoms with E-state index in [4.69, 9.17) is 4.74 Å². The van der Waals surface area contributed by atoms with E-state index in [1.54, 1.807) is 6.20 Å². The molecular formula is C23H20N2O4. The van der Waals surface area contributed by atoms with E-state index in [0.717, 1.165) is 29.3 Å². The highest BCUT2D eigenvalue weighted by molar-refractivity contribution is 6.21. The number of imide groups is 1. The number of rotatable bonds is 6. The molecule has 0 fully saturated rings. The Morgan fingerprint density at radius 1 is 1.03 bits per heavy atom. The standard InChI is InChI=1S/C23H20N2O4/c1-2-3-12-25-21(26)18-10-9-16(13-19(18)22(25)27)23(28)29-14-17-7-4-6-15-8-5-11-24-20(15)17/h4-11,13H,2-3,12,14H2,1H3. The minimum atomic E-state index is -0.548. The number of carbonyl (C=O) groups is 3. The monoisotopic (exact) mass is 388 g/mol. The zero-order valence-corrected chi connectivity index (χ0v) is 16.1. The van der Waals surface area contributed by atoms with Gasteiger partial charge in [-0.05, 0) is 30.7 Å². The van der Waals surface area contributed by atoms with Gasteiger partial charge >= 0.3 is 5.97 Å². The van der Waals surface area contributed by atoms with Crippen LogP contribution in [-0.4, -0.2) is 34.2 Å². The van der Waals surface area contributed by atoms with Gasteiger partial charge in [0.25, 0.3) is 11.8 Å². The first-order valence-corrected chi connectivity index (χ1v) is 9.60. The van der Waals surface area contributed by atoms with Gasteiger partial charge in [0.1, 0.15) is 6.61 Å². The minimum absolute atomic E-state index is 0.0692. The van der Waals surface area contributed by atoms with E-state index in [1.807, 2.05) is 37.3 Å². The largest absolute Gasteiger partial charge is 0.457 e. The molecule has 2 aromatic carbocycles. The lowest BCUT2D eigenvalue weighted by molar-refractivity contribution is 0.0473. The normalized spacial score (nSPS) is 13.1. The molecule has 0 saturated carbocycles. The highest BCUT2D eigenvalue weighted by Gasteiger charge is 2.35. The SMILES string of the molecule is CCCCN1C(=O)c2ccc(C(=O)OCc3cccc4cccnc34)cc2C1=O. The Bertz CT molecular complexity index is 1120. The number of carbonyl (C=O) groups excluding carboxylic acids is 3. The van der Waals surface area contributed by atoms with E-state index in [9.17, 15) is 14.4 Å². The molecule has 146 valence electrons. The van der Waals surface area contributed by atoms with Crippen LogP contribution in [0.2, 0.25) is 0 Å². The van der Waals surface area contributed by atoms with Crippen molar-refractivity contribution in [3.05, 3.63) is 77.0 Å². The summed E-state index contributed by atoms with van der Waals surface area (Å²) in [5, 5.41) is 0.967. The van der Waals surface area contributed by atoms with Crippen molar-refractivity contribution in [2.75, 3.05) is 6.54 Å². The van der Waals surface area contributed by atoms with Gasteiger partial charge in [-0.25, -0.2) is 4.79 Å². The molecule has 6 heteroatoms. The van der Waals surface area contributed by atoms with Crippen LogP contribution in [0.5, 0.6) is 0 Å². The molecule has 0 bridgehead atoms. The molecule has 2 heterocycles. The molecule has 0 saturated heterocycles. The second-order valence-electron chi connectivity index (χ2n) is 6.94. The summed E-state index contributed by atoms with van der Waals surface area (Å²) in [5.74, 6) is -1.21. The first-order valence-electron chi connectivity index (χ1n) is 9.60. The van der Waals surface area contributed by atoms with E-state index < -0.39 is 5.97 Å². The number of amides is 2. The van der Waals surface area contributed by atoms with Crippen LogP contribution < -0.4 is 0 Å². The van der Waals surface area contributed by atoms with Crippen LogP contribution in [0.15, 0.2) is 54.7 Å². The van der Waals surface area contributed by atoms with Crippen LogP contribution in [0.3, 0.4) is 0 Å². The summed E-state index contributed by atoms with van der Waals surface area (Å²) in [6, 6.07) is 14.0. The first-order chi connectivity index (χ1) is 14.1. The topological polar surface area (TPSA) is 76.6 Å². The third-order valence-electron chi connectivity index (χ3n) is 5.02. The fourth-order valence-electron chi connectivity index (χ4n) is 3.45. The number of benzene rings is 2. The van der Waals surface area contributed by atoms with Crippen molar-refractivity contribution >= 4 is 28.7 Å². The molecule has 1 aliphatic heterocycles. The summed E-state index contributed by atoms with van der Waals surface area (Å²) >= 11 is 0. The molecule has 2 amide bonds. The Hall–Kier alpha value is -3.54. The van der Waals surface area contributed by atoms with Gasteiger partial charge in [0, 0.05) is 23.7 Å². The number of esters is 1. The fraction of sp³-hybridized carbons (Fsp3) is 0.217. The van der Waals surface area contributed by atoms with Crippen LogP contribution in [0.4, 0.5) is 0 Å².